The van der Waals surface area contributed by atoms with Gasteiger partial charge in [0, 0.05) is 23.7 Å². The van der Waals surface area contributed by atoms with Crippen LogP contribution >= 0.6 is 0 Å². The second kappa shape index (κ2) is 5.03. The Morgan fingerprint density at radius 3 is 2.79 bits per heavy atom. The van der Waals surface area contributed by atoms with Crippen LogP contribution in [0, 0.1) is 0 Å². The summed E-state index contributed by atoms with van der Waals surface area (Å²) in [6.45, 7) is 0. The Hall–Kier alpha value is -1.84. The van der Waals surface area contributed by atoms with Crippen molar-refractivity contribution in [1.29, 1.82) is 0 Å². The molecule has 1 heterocycles. The summed E-state index contributed by atoms with van der Waals surface area (Å²) in [5.74, 6) is 0.0576. The van der Waals surface area contributed by atoms with Crippen LogP contribution in [0.4, 0.5) is 5.69 Å². The van der Waals surface area contributed by atoms with E-state index in [1.54, 1.807) is 6.07 Å². The molecule has 1 fully saturated rings. The minimum atomic E-state index is 0.00611. The first-order valence-electron chi connectivity index (χ1n) is 6.96. The molecule has 1 aliphatic carbocycles. The van der Waals surface area contributed by atoms with Gasteiger partial charge in [0.25, 0.3) is 5.91 Å². The summed E-state index contributed by atoms with van der Waals surface area (Å²) in [5.41, 5.74) is 2.59. The number of hydrogen-bond acceptors (Lipinski definition) is 2. The van der Waals surface area contributed by atoms with Gasteiger partial charge in [-0.25, -0.2) is 0 Å². The number of rotatable bonds is 2. The molecule has 2 N–H and O–H groups in total. The zero-order valence-electron chi connectivity index (χ0n) is 10.9. The lowest BCUT2D eigenvalue weighted by atomic mass is 10.00. The lowest BCUT2D eigenvalue weighted by Crippen LogP contribution is -2.32. The molecule has 0 atom stereocenters. The van der Waals surface area contributed by atoms with E-state index in [9.17, 15) is 9.59 Å². The summed E-state index contributed by atoms with van der Waals surface area (Å²) >= 11 is 0. The van der Waals surface area contributed by atoms with Crippen LogP contribution in [0.5, 0.6) is 0 Å². The third-order valence-corrected chi connectivity index (χ3v) is 3.95. The maximum atomic E-state index is 12.2. The van der Waals surface area contributed by atoms with Crippen LogP contribution in [0.1, 0.15) is 48.0 Å². The van der Waals surface area contributed by atoms with Crippen molar-refractivity contribution in [3.63, 3.8) is 0 Å². The van der Waals surface area contributed by atoms with Gasteiger partial charge in [-0.15, -0.1) is 0 Å². The number of amides is 2. The van der Waals surface area contributed by atoms with E-state index >= 15 is 0 Å². The molecule has 100 valence electrons. The first-order chi connectivity index (χ1) is 9.22. The van der Waals surface area contributed by atoms with Crippen molar-refractivity contribution in [1.82, 2.24) is 5.32 Å². The maximum Gasteiger partial charge on any atom is 0.251 e. The van der Waals surface area contributed by atoms with Gasteiger partial charge in [0.15, 0.2) is 0 Å². The van der Waals surface area contributed by atoms with Gasteiger partial charge in [-0.05, 0) is 43.0 Å². The quantitative estimate of drug-likeness (QED) is 0.854. The molecule has 1 aromatic rings. The minimum Gasteiger partial charge on any atom is -0.349 e. The zero-order chi connectivity index (χ0) is 13.2. The number of fused-ring (bicyclic) bond motifs is 1. The number of carbonyl (C=O) groups excluding carboxylic acids is 2. The zero-order valence-corrected chi connectivity index (χ0v) is 10.9. The van der Waals surface area contributed by atoms with E-state index in [2.05, 4.69) is 10.6 Å². The molecule has 0 aromatic heterocycles. The normalized spacial score (nSPS) is 18.8. The van der Waals surface area contributed by atoms with Crippen molar-refractivity contribution in [2.75, 3.05) is 5.32 Å². The lowest BCUT2D eigenvalue weighted by molar-refractivity contribution is -0.116. The highest BCUT2D eigenvalue weighted by molar-refractivity contribution is 5.98. The average Bonchev–Trinajstić information content (AvgIpc) is 2.91. The molecule has 1 aliphatic heterocycles. The van der Waals surface area contributed by atoms with Crippen LogP contribution in [-0.4, -0.2) is 17.9 Å². The molecule has 4 nitrogen and oxygen atoms in total. The largest absolute Gasteiger partial charge is 0.349 e. The summed E-state index contributed by atoms with van der Waals surface area (Å²) in [6.07, 6.45) is 5.81. The van der Waals surface area contributed by atoms with E-state index < -0.39 is 0 Å². The Bertz CT molecular complexity index is 519. The van der Waals surface area contributed by atoms with Gasteiger partial charge >= 0.3 is 0 Å². The number of nitrogens with one attached hydrogen (secondary N) is 2. The molecule has 4 heteroatoms. The number of hydrogen-bond donors (Lipinski definition) is 2. The molecule has 2 amide bonds. The van der Waals surface area contributed by atoms with Crippen molar-refractivity contribution >= 4 is 17.5 Å². The third-order valence-electron chi connectivity index (χ3n) is 3.95. The highest BCUT2D eigenvalue weighted by Gasteiger charge is 2.20. The standard InChI is InChI=1S/C15H18N2O2/c18-14-8-6-10-9-11(5-7-13(10)17-14)15(19)16-12-3-1-2-4-12/h5,7,9,12H,1-4,6,8H2,(H,16,19)(H,17,18). The topological polar surface area (TPSA) is 58.2 Å². The predicted octanol–water partition coefficient (Wildman–Crippen LogP) is 2.24. The summed E-state index contributed by atoms with van der Waals surface area (Å²) in [7, 11) is 0. The summed E-state index contributed by atoms with van der Waals surface area (Å²) < 4.78 is 0. The van der Waals surface area contributed by atoms with E-state index in [-0.39, 0.29) is 11.8 Å². The van der Waals surface area contributed by atoms with E-state index in [0.717, 1.165) is 24.1 Å². The Morgan fingerprint density at radius 2 is 2.00 bits per heavy atom. The predicted molar refractivity (Wildman–Crippen MR) is 73.1 cm³/mol. The van der Waals surface area contributed by atoms with Gasteiger partial charge in [-0.1, -0.05) is 12.8 Å². The van der Waals surface area contributed by atoms with Gasteiger partial charge in [0.05, 0.1) is 0 Å². The van der Waals surface area contributed by atoms with Gasteiger partial charge < -0.3 is 10.6 Å². The van der Waals surface area contributed by atoms with Crippen molar-refractivity contribution in [2.45, 2.75) is 44.6 Å². The Balaban J connectivity index is 1.74. The third kappa shape index (κ3) is 2.62. The molecule has 0 spiro atoms. The fraction of sp³-hybridized carbons (Fsp3) is 0.467. The molecule has 0 bridgehead atoms. The number of anilines is 1. The van der Waals surface area contributed by atoms with E-state index in [1.807, 2.05) is 12.1 Å². The molecule has 1 aromatic carbocycles. The number of carbonyl (C=O) groups is 2. The van der Waals surface area contributed by atoms with E-state index in [4.69, 9.17) is 0 Å². The summed E-state index contributed by atoms with van der Waals surface area (Å²) in [6, 6.07) is 5.85. The maximum absolute atomic E-state index is 12.2. The molecule has 0 radical (unpaired) electrons. The molecule has 1 saturated carbocycles. The van der Waals surface area contributed by atoms with Crippen molar-refractivity contribution < 1.29 is 9.59 Å². The van der Waals surface area contributed by atoms with Gasteiger partial charge in [0.2, 0.25) is 5.91 Å². The molecule has 3 rings (SSSR count). The molecular formula is C15H18N2O2. The molecule has 19 heavy (non-hydrogen) atoms. The fourth-order valence-corrected chi connectivity index (χ4v) is 2.86. The average molecular weight is 258 g/mol. The van der Waals surface area contributed by atoms with E-state index in [0.29, 0.717) is 24.4 Å². The van der Waals surface area contributed by atoms with Gasteiger partial charge in [-0.2, -0.15) is 0 Å². The first kappa shape index (κ1) is 12.2. The molecular weight excluding hydrogens is 240 g/mol. The van der Waals surface area contributed by atoms with Crippen LogP contribution in [0.2, 0.25) is 0 Å². The van der Waals surface area contributed by atoms with Gasteiger partial charge in [0.1, 0.15) is 0 Å². The Labute approximate surface area is 112 Å². The highest BCUT2D eigenvalue weighted by Crippen LogP contribution is 2.24. The Kier molecular flexibility index (Phi) is 3.23. The van der Waals surface area contributed by atoms with Crippen molar-refractivity contribution in [2.24, 2.45) is 0 Å². The second-order valence-corrected chi connectivity index (χ2v) is 5.37. The van der Waals surface area contributed by atoms with Crippen LogP contribution < -0.4 is 10.6 Å². The molecule has 0 unspecified atom stereocenters. The number of aryl methyl sites for hydroxylation is 1. The van der Waals surface area contributed by atoms with Crippen LogP contribution in [0.15, 0.2) is 18.2 Å². The van der Waals surface area contributed by atoms with E-state index in [1.165, 1.54) is 12.8 Å². The molecule has 2 aliphatic rings. The van der Waals surface area contributed by atoms with Crippen molar-refractivity contribution in [3.05, 3.63) is 29.3 Å². The second-order valence-electron chi connectivity index (χ2n) is 5.37. The van der Waals surface area contributed by atoms with Gasteiger partial charge in [-0.3, -0.25) is 9.59 Å². The summed E-state index contributed by atoms with van der Waals surface area (Å²) in [5, 5.41) is 5.91. The minimum absolute atomic E-state index is 0.00611. The SMILES string of the molecule is O=C1CCc2cc(C(=O)NC3CCCC3)ccc2N1. The first-order valence-corrected chi connectivity index (χ1v) is 6.96. The fourth-order valence-electron chi connectivity index (χ4n) is 2.86. The Morgan fingerprint density at radius 1 is 1.21 bits per heavy atom. The monoisotopic (exact) mass is 258 g/mol. The summed E-state index contributed by atoms with van der Waals surface area (Å²) in [4.78, 5) is 23.4. The highest BCUT2D eigenvalue weighted by atomic mass is 16.2. The van der Waals surface area contributed by atoms with Crippen LogP contribution in [0.3, 0.4) is 0 Å². The van der Waals surface area contributed by atoms with Crippen LogP contribution in [0.25, 0.3) is 0 Å². The molecule has 0 saturated heterocycles. The van der Waals surface area contributed by atoms with Crippen LogP contribution in [-0.2, 0) is 11.2 Å². The van der Waals surface area contributed by atoms with Crippen molar-refractivity contribution in [3.8, 4) is 0 Å². The number of benzene rings is 1. The smallest absolute Gasteiger partial charge is 0.251 e. The lowest BCUT2D eigenvalue weighted by Gasteiger charge is -2.18.